The number of hydrogen-bond acceptors (Lipinski definition) is 1. The van der Waals surface area contributed by atoms with Crippen molar-refractivity contribution in [3.8, 4) is 0 Å². The predicted octanol–water partition coefficient (Wildman–Crippen LogP) is 3.15. The van der Waals surface area contributed by atoms with Gasteiger partial charge in [0.25, 0.3) is 0 Å². The van der Waals surface area contributed by atoms with Gasteiger partial charge in [0.05, 0.1) is 0 Å². The van der Waals surface area contributed by atoms with Crippen LogP contribution >= 0.6 is 0 Å². The van der Waals surface area contributed by atoms with E-state index in [1.165, 1.54) is 38.8 Å². The van der Waals surface area contributed by atoms with Crippen molar-refractivity contribution in [3.63, 3.8) is 0 Å². The fraction of sp³-hybridized carbons (Fsp3) is 1.00. The molecule has 1 heteroatoms. The predicted molar refractivity (Wildman–Crippen MR) is 61.3 cm³/mol. The lowest BCUT2D eigenvalue weighted by molar-refractivity contribution is 0.0517. The van der Waals surface area contributed by atoms with Crippen molar-refractivity contribution in [2.24, 2.45) is 17.8 Å². The zero-order valence-corrected chi connectivity index (χ0v) is 10.00. The van der Waals surface area contributed by atoms with Crippen LogP contribution in [-0.2, 0) is 0 Å². The molecule has 0 radical (unpaired) electrons. The summed E-state index contributed by atoms with van der Waals surface area (Å²) in [5.74, 6) is 3.08. The second-order valence-electron chi connectivity index (χ2n) is 5.82. The van der Waals surface area contributed by atoms with Gasteiger partial charge in [0.15, 0.2) is 0 Å². The van der Waals surface area contributed by atoms with Crippen molar-refractivity contribution < 1.29 is 0 Å². The minimum absolute atomic E-state index is 0.758. The summed E-state index contributed by atoms with van der Waals surface area (Å²) >= 11 is 0. The highest BCUT2D eigenvalue weighted by molar-refractivity contribution is 4.86. The minimum Gasteiger partial charge on any atom is -0.301 e. The van der Waals surface area contributed by atoms with E-state index in [2.05, 4.69) is 25.7 Å². The van der Waals surface area contributed by atoms with Gasteiger partial charge < -0.3 is 4.90 Å². The molecule has 1 saturated heterocycles. The van der Waals surface area contributed by atoms with E-state index in [-0.39, 0.29) is 0 Å². The molecule has 2 rings (SSSR count). The lowest BCUT2D eigenvalue weighted by Crippen LogP contribution is -2.45. The molecule has 1 aliphatic heterocycles. The summed E-state index contributed by atoms with van der Waals surface area (Å²) in [6.45, 7) is 9.85. The first-order chi connectivity index (χ1) is 6.66. The number of likely N-dealkylation sites (tertiary alicyclic amines) is 1. The van der Waals surface area contributed by atoms with Crippen LogP contribution < -0.4 is 0 Å². The molecule has 0 bridgehead atoms. The van der Waals surface area contributed by atoms with E-state index in [1.807, 2.05) is 0 Å². The van der Waals surface area contributed by atoms with Crippen molar-refractivity contribution in [2.45, 2.75) is 52.5 Å². The van der Waals surface area contributed by atoms with E-state index in [4.69, 9.17) is 0 Å². The normalized spacial score (nSPS) is 39.9. The van der Waals surface area contributed by atoms with E-state index in [1.54, 1.807) is 0 Å². The maximum absolute atomic E-state index is 2.68. The summed E-state index contributed by atoms with van der Waals surface area (Å²) < 4.78 is 0. The molecule has 2 aliphatic rings. The number of fused-ring (bicyclic) bond motifs is 1. The second kappa shape index (κ2) is 4.22. The minimum atomic E-state index is 0.758. The van der Waals surface area contributed by atoms with Gasteiger partial charge in [-0.15, -0.1) is 0 Å². The Morgan fingerprint density at radius 3 is 2.57 bits per heavy atom. The Balaban J connectivity index is 1.93. The Bertz CT molecular complexity index is 188. The lowest BCUT2D eigenvalue weighted by atomic mass is 9.71. The number of hydrogen-bond donors (Lipinski definition) is 0. The summed E-state index contributed by atoms with van der Waals surface area (Å²) in [5.41, 5.74) is 0. The standard InChI is InChI=1S/C13H25N/c1-10(2)14-7-6-12-5-4-11(3)8-13(12)9-14/h10-13H,4-9H2,1-3H3. The lowest BCUT2D eigenvalue weighted by Gasteiger charge is -2.44. The molecule has 1 saturated carbocycles. The van der Waals surface area contributed by atoms with Crippen LogP contribution in [0.3, 0.4) is 0 Å². The van der Waals surface area contributed by atoms with Crippen LogP contribution in [0.5, 0.6) is 0 Å². The Morgan fingerprint density at radius 1 is 1.07 bits per heavy atom. The van der Waals surface area contributed by atoms with Gasteiger partial charge >= 0.3 is 0 Å². The SMILES string of the molecule is CC1CCC2CCN(C(C)C)CC2C1. The van der Waals surface area contributed by atoms with Crippen LogP contribution in [0, 0.1) is 17.8 Å². The molecule has 1 heterocycles. The molecule has 2 fully saturated rings. The Morgan fingerprint density at radius 2 is 1.86 bits per heavy atom. The first-order valence-corrected chi connectivity index (χ1v) is 6.41. The van der Waals surface area contributed by atoms with E-state index < -0.39 is 0 Å². The van der Waals surface area contributed by atoms with Gasteiger partial charge in [-0.05, 0) is 57.4 Å². The molecule has 3 atom stereocenters. The molecular formula is C13H25N. The average molecular weight is 195 g/mol. The van der Waals surface area contributed by atoms with E-state index in [0.717, 1.165) is 23.8 Å². The molecule has 3 unspecified atom stereocenters. The molecule has 0 aromatic carbocycles. The van der Waals surface area contributed by atoms with E-state index in [9.17, 15) is 0 Å². The van der Waals surface area contributed by atoms with Crippen molar-refractivity contribution in [1.82, 2.24) is 4.90 Å². The molecule has 14 heavy (non-hydrogen) atoms. The Labute approximate surface area is 88.9 Å². The van der Waals surface area contributed by atoms with Gasteiger partial charge in [-0.25, -0.2) is 0 Å². The monoisotopic (exact) mass is 195 g/mol. The third-order valence-electron chi connectivity index (χ3n) is 4.39. The molecule has 82 valence electrons. The molecule has 0 spiro atoms. The van der Waals surface area contributed by atoms with Crippen LogP contribution in [-0.4, -0.2) is 24.0 Å². The summed E-state index contributed by atoms with van der Waals surface area (Å²) in [4.78, 5) is 2.68. The quantitative estimate of drug-likeness (QED) is 0.621. The topological polar surface area (TPSA) is 3.24 Å². The van der Waals surface area contributed by atoms with E-state index in [0.29, 0.717) is 0 Å². The summed E-state index contributed by atoms with van der Waals surface area (Å²) in [6, 6.07) is 0.758. The highest BCUT2D eigenvalue weighted by Crippen LogP contribution is 2.39. The highest BCUT2D eigenvalue weighted by Gasteiger charge is 2.33. The summed E-state index contributed by atoms with van der Waals surface area (Å²) in [7, 11) is 0. The third kappa shape index (κ3) is 2.13. The van der Waals surface area contributed by atoms with Gasteiger partial charge in [0.2, 0.25) is 0 Å². The average Bonchev–Trinajstić information content (AvgIpc) is 2.16. The zero-order chi connectivity index (χ0) is 10.1. The summed E-state index contributed by atoms with van der Waals surface area (Å²) in [6.07, 6.45) is 5.96. The molecular weight excluding hydrogens is 170 g/mol. The van der Waals surface area contributed by atoms with Crippen molar-refractivity contribution in [3.05, 3.63) is 0 Å². The van der Waals surface area contributed by atoms with Crippen molar-refractivity contribution in [2.75, 3.05) is 13.1 Å². The molecule has 1 nitrogen and oxygen atoms in total. The van der Waals surface area contributed by atoms with Crippen LogP contribution in [0.15, 0.2) is 0 Å². The molecule has 0 aromatic rings. The number of nitrogens with zero attached hydrogens (tertiary/aromatic N) is 1. The smallest absolute Gasteiger partial charge is 0.00387 e. The fourth-order valence-corrected chi connectivity index (χ4v) is 3.36. The first kappa shape index (κ1) is 10.5. The van der Waals surface area contributed by atoms with Gasteiger partial charge in [-0.2, -0.15) is 0 Å². The Kier molecular flexibility index (Phi) is 3.16. The van der Waals surface area contributed by atoms with Crippen molar-refractivity contribution >= 4 is 0 Å². The van der Waals surface area contributed by atoms with Crippen LogP contribution in [0.4, 0.5) is 0 Å². The maximum Gasteiger partial charge on any atom is 0.00387 e. The Hall–Kier alpha value is -0.0400. The van der Waals surface area contributed by atoms with Crippen LogP contribution in [0.1, 0.15) is 46.5 Å². The zero-order valence-electron chi connectivity index (χ0n) is 10.00. The molecule has 0 aromatic heterocycles. The largest absolute Gasteiger partial charge is 0.301 e. The van der Waals surface area contributed by atoms with Gasteiger partial charge in [0, 0.05) is 12.6 Å². The molecule has 0 amide bonds. The fourth-order valence-electron chi connectivity index (χ4n) is 3.36. The second-order valence-corrected chi connectivity index (χ2v) is 5.82. The van der Waals surface area contributed by atoms with Crippen molar-refractivity contribution in [1.29, 1.82) is 0 Å². The van der Waals surface area contributed by atoms with E-state index >= 15 is 0 Å². The number of piperidine rings is 1. The first-order valence-electron chi connectivity index (χ1n) is 6.41. The van der Waals surface area contributed by atoms with Gasteiger partial charge in [0.1, 0.15) is 0 Å². The molecule has 1 aliphatic carbocycles. The van der Waals surface area contributed by atoms with Crippen LogP contribution in [0.2, 0.25) is 0 Å². The summed E-state index contributed by atoms with van der Waals surface area (Å²) in [5, 5.41) is 0. The highest BCUT2D eigenvalue weighted by atomic mass is 15.2. The van der Waals surface area contributed by atoms with Crippen LogP contribution in [0.25, 0.3) is 0 Å². The maximum atomic E-state index is 2.68. The number of rotatable bonds is 1. The third-order valence-corrected chi connectivity index (χ3v) is 4.39. The van der Waals surface area contributed by atoms with Gasteiger partial charge in [-0.1, -0.05) is 13.3 Å². The molecule has 0 N–H and O–H groups in total. The van der Waals surface area contributed by atoms with Gasteiger partial charge in [-0.3, -0.25) is 0 Å².